The zero-order chi connectivity index (χ0) is 18.5. The van der Waals surface area contributed by atoms with Gasteiger partial charge < -0.3 is 5.32 Å². The minimum absolute atomic E-state index is 0.0719. The Morgan fingerprint density at radius 2 is 2.00 bits per heavy atom. The predicted molar refractivity (Wildman–Crippen MR) is 116 cm³/mol. The van der Waals surface area contributed by atoms with Gasteiger partial charge in [-0.25, -0.2) is 4.68 Å². The zero-order valence-corrected chi connectivity index (χ0v) is 17.8. The lowest BCUT2D eigenvalue weighted by atomic mass is 10.0. The number of likely N-dealkylation sites (tertiary alicyclic amines) is 1. The summed E-state index contributed by atoms with van der Waals surface area (Å²) in [5.41, 5.74) is 2.36. The van der Waals surface area contributed by atoms with Gasteiger partial charge in [0.15, 0.2) is 0 Å². The van der Waals surface area contributed by atoms with Crippen LogP contribution in [0, 0.1) is 0 Å². The van der Waals surface area contributed by atoms with Gasteiger partial charge in [0.05, 0.1) is 12.2 Å². The summed E-state index contributed by atoms with van der Waals surface area (Å²) in [4.78, 5) is 15.0. The Labute approximate surface area is 171 Å². The van der Waals surface area contributed by atoms with Gasteiger partial charge in [-0.1, -0.05) is 6.42 Å². The third kappa shape index (κ3) is 5.31. The van der Waals surface area contributed by atoms with Crippen molar-refractivity contribution in [2.75, 3.05) is 36.9 Å². The van der Waals surface area contributed by atoms with E-state index < -0.39 is 0 Å². The van der Waals surface area contributed by atoms with Gasteiger partial charge in [-0.05, 0) is 55.1 Å². The molecule has 0 aliphatic carbocycles. The van der Waals surface area contributed by atoms with E-state index in [1.807, 2.05) is 17.8 Å². The number of thioether (sulfide) groups is 2. The van der Waals surface area contributed by atoms with Crippen LogP contribution in [0.3, 0.4) is 0 Å². The SMILES string of the molecule is O=c1cc2c(nn1CCN1CCCCC1CNC1CCSCC1)CCSC2. The zero-order valence-electron chi connectivity index (χ0n) is 16.2. The molecule has 4 heterocycles. The summed E-state index contributed by atoms with van der Waals surface area (Å²) in [5, 5.41) is 8.52. The second-order valence-corrected chi connectivity index (χ2v) is 10.3. The average Bonchev–Trinajstić information content (AvgIpc) is 2.72. The molecule has 1 atom stereocenters. The first kappa shape index (κ1) is 19.8. The Bertz CT molecular complexity index is 674. The van der Waals surface area contributed by atoms with Crippen LogP contribution >= 0.6 is 23.5 Å². The van der Waals surface area contributed by atoms with Crippen molar-refractivity contribution >= 4 is 23.5 Å². The number of aryl methyl sites for hydroxylation is 1. The summed E-state index contributed by atoms with van der Waals surface area (Å²) in [6, 6.07) is 3.14. The van der Waals surface area contributed by atoms with Crippen molar-refractivity contribution in [3.63, 3.8) is 0 Å². The van der Waals surface area contributed by atoms with Crippen LogP contribution in [0.25, 0.3) is 0 Å². The van der Waals surface area contributed by atoms with E-state index in [1.165, 1.54) is 43.6 Å². The van der Waals surface area contributed by atoms with Crippen molar-refractivity contribution in [3.05, 3.63) is 27.7 Å². The fourth-order valence-corrected chi connectivity index (χ4v) is 6.48. The van der Waals surface area contributed by atoms with E-state index in [0.29, 0.717) is 12.1 Å². The Hall–Kier alpha value is -0.500. The van der Waals surface area contributed by atoms with E-state index >= 15 is 0 Å². The standard InChI is InChI=1S/C20H32N4OS2/c25-20-13-16-15-27-12-6-19(16)22-24(20)9-8-23-7-2-1-3-18(23)14-21-17-4-10-26-11-5-17/h13,17-18,21H,1-12,14-15H2. The summed E-state index contributed by atoms with van der Waals surface area (Å²) < 4.78 is 1.71. The van der Waals surface area contributed by atoms with Crippen LogP contribution in [0.4, 0.5) is 0 Å². The number of nitrogens with one attached hydrogen (secondary N) is 1. The normalized spacial score (nSPS) is 24.7. The molecule has 0 radical (unpaired) electrons. The second-order valence-electron chi connectivity index (χ2n) is 7.96. The molecule has 0 bridgehead atoms. The maximum Gasteiger partial charge on any atom is 0.267 e. The minimum Gasteiger partial charge on any atom is -0.312 e. The van der Waals surface area contributed by atoms with Crippen LogP contribution in [0.15, 0.2) is 10.9 Å². The molecule has 0 spiro atoms. The monoisotopic (exact) mass is 408 g/mol. The molecule has 27 heavy (non-hydrogen) atoms. The van der Waals surface area contributed by atoms with Gasteiger partial charge in [-0.3, -0.25) is 9.69 Å². The van der Waals surface area contributed by atoms with Crippen LogP contribution in [0.1, 0.15) is 43.4 Å². The van der Waals surface area contributed by atoms with Crippen LogP contribution in [-0.2, 0) is 18.7 Å². The van der Waals surface area contributed by atoms with Crippen molar-refractivity contribution in [2.45, 2.75) is 62.9 Å². The highest BCUT2D eigenvalue weighted by molar-refractivity contribution is 7.99. The van der Waals surface area contributed by atoms with E-state index in [1.54, 1.807) is 4.68 Å². The molecule has 2 saturated heterocycles. The van der Waals surface area contributed by atoms with Crippen LogP contribution in [-0.4, -0.2) is 63.7 Å². The topological polar surface area (TPSA) is 50.2 Å². The molecule has 7 heteroatoms. The van der Waals surface area contributed by atoms with Crippen LogP contribution < -0.4 is 10.9 Å². The summed E-state index contributed by atoms with van der Waals surface area (Å²) in [7, 11) is 0. The molecule has 1 unspecified atom stereocenters. The maximum atomic E-state index is 12.4. The largest absolute Gasteiger partial charge is 0.312 e. The number of piperidine rings is 1. The molecule has 150 valence electrons. The van der Waals surface area contributed by atoms with Crippen LogP contribution in [0.2, 0.25) is 0 Å². The lowest BCUT2D eigenvalue weighted by Gasteiger charge is -2.37. The highest BCUT2D eigenvalue weighted by Gasteiger charge is 2.24. The highest BCUT2D eigenvalue weighted by atomic mass is 32.2. The highest BCUT2D eigenvalue weighted by Crippen LogP contribution is 2.22. The third-order valence-corrected chi connectivity index (χ3v) is 8.17. The number of nitrogens with zero attached hydrogens (tertiary/aromatic N) is 3. The Balaban J connectivity index is 1.33. The van der Waals surface area contributed by atoms with E-state index in [9.17, 15) is 4.79 Å². The van der Waals surface area contributed by atoms with E-state index in [0.717, 1.165) is 55.4 Å². The van der Waals surface area contributed by atoms with Gasteiger partial charge in [0.1, 0.15) is 0 Å². The molecular weight excluding hydrogens is 376 g/mol. The van der Waals surface area contributed by atoms with E-state index in [4.69, 9.17) is 0 Å². The van der Waals surface area contributed by atoms with Gasteiger partial charge >= 0.3 is 0 Å². The van der Waals surface area contributed by atoms with E-state index in [-0.39, 0.29) is 5.56 Å². The number of fused-ring (bicyclic) bond motifs is 1. The first-order chi connectivity index (χ1) is 13.3. The molecule has 1 N–H and O–H groups in total. The van der Waals surface area contributed by atoms with E-state index in [2.05, 4.69) is 27.1 Å². The maximum absolute atomic E-state index is 12.4. The van der Waals surface area contributed by atoms with Crippen LogP contribution in [0.5, 0.6) is 0 Å². The van der Waals surface area contributed by atoms with Crippen molar-refractivity contribution in [2.24, 2.45) is 0 Å². The molecule has 2 fully saturated rings. The van der Waals surface area contributed by atoms with Gasteiger partial charge in [-0.2, -0.15) is 28.6 Å². The van der Waals surface area contributed by atoms with Crippen molar-refractivity contribution < 1.29 is 0 Å². The molecule has 1 aromatic rings. The lowest BCUT2D eigenvalue weighted by molar-refractivity contribution is 0.134. The molecule has 0 aromatic carbocycles. The fourth-order valence-electron chi connectivity index (χ4n) is 4.43. The van der Waals surface area contributed by atoms with Crippen molar-refractivity contribution in [1.82, 2.24) is 20.0 Å². The molecule has 3 aliphatic heterocycles. The summed E-state index contributed by atoms with van der Waals surface area (Å²) in [6.07, 6.45) is 7.50. The van der Waals surface area contributed by atoms with Crippen molar-refractivity contribution in [3.8, 4) is 0 Å². The fraction of sp³-hybridized carbons (Fsp3) is 0.800. The molecule has 1 aromatic heterocycles. The molecule has 4 rings (SSSR count). The first-order valence-electron chi connectivity index (χ1n) is 10.5. The number of aromatic nitrogens is 2. The second kappa shape index (κ2) is 9.81. The Morgan fingerprint density at radius 3 is 2.89 bits per heavy atom. The number of hydrogen-bond acceptors (Lipinski definition) is 6. The molecule has 5 nitrogen and oxygen atoms in total. The molecule has 0 amide bonds. The van der Waals surface area contributed by atoms with Gasteiger partial charge in [0.25, 0.3) is 5.56 Å². The summed E-state index contributed by atoms with van der Waals surface area (Å²) in [6.45, 7) is 3.91. The van der Waals surface area contributed by atoms with Crippen molar-refractivity contribution in [1.29, 1.82) is 0 Å². The third-order valence-electron chi connectivity index (χ3n) is 6.12. The smallest absolute Gasteiger partial charge is 0.267 e. The van der Waals surface area contributed by atoms with Gasteiger partial charge in [-0.15, -0.1) is 0 Å². The van der Waals surface area contributed by atoms with Gasteiger partial charge in [0, 0.05) is 43.4 Å². The number of rotatable bonds is 6. The molecule has 3 aliphatic rings. The number of hydrogen-bond donors (Lipinski definition) is 1. The average molecular weight is 409 g/mol. The minimum atomic E-state index is 0.0719. The lowest BCUT2D eigenvalue weighted by Crippen LogP contribution is -2.49. The first-order valence-corrected chi connectivity index (χ1v) is 12.8. The molecular formula is C20H32N4OS2. The Morgan fingerprint density at radius 1 is 1.11 bits per heavy atom. The Kier molecular flexibility index (Phi) is 7.19. The predicted octanol–water partition coefficient (Wildman–Crippen LogP) is 2.37. The quantitative estimate of drug-likeness (QED) is 0.780. The summed E-state index contributed by atoms with van der Waals surface area (Å²) >= 11 is 3.99. The van der Waals surface area contributed by atoms with Gasteiger partial charge in [0.2, 0.25) is 0 Å². The summed E-state index contributed by atoms with van der Waals surface area (Å²) in [5.74, 6) is 4.67. The molecule has 0 saturated carbocycles.